The second-order valence-corrected chi connectivity index (χ2v) is 7.69. The zero-order chi connectivity index (χ0) is 17.4. The maximum Gasteiger partial charge on any atom is 0.253 e. The molecule has 3 heterocycles. The number of rotatable bonds is 4. The molecule has 0 atom stereocenters. The lowest BCUT2D eigenvalue weighted by Gasteiger charge is -2.45. The Morgan fingerprint density at radius 2 is 2.28 bits per heavy atom. The van der Waals surface area contributed by atoms with Crippen LogP contribution in [0.4, 0.5) is 0 Å². The highest BCUT2D eigenvalue weighted by molar-refractivity contribution is 5.94. The average Bonchev–Trinajstić information content (AvgIpc) is 3.12. The van der Waals surface area contributed by atoms with Gasteiger partial charge in [-0.1, -0.05) is 0 Å². The molecule has 6 nitrogen and oxygen atoms in total. The summed E-state index contributed by atoms with van der Waals surface area (Å²) >= 11 is 0. The fourth-order valence-electron chi connectivity index (χ4n) is 4.39. The van der Waals surface area contributed by atoms with E-state index in [9.17, 15) is 4.79 Å². The highest BCUT2D eigenvalue weighted by atomic mass is 16.1. The van der Waals surface area contributed by atoms with E-state index in [1.807, 2.05) is 17.8 Å². The maximum atomic E-state index is 12.2. The van der Waals surface area contributed by atoms with E-state index >= 15 is 0 Å². The molecule has 1 spiro atoms. The number of aryl methyl sites for hydroxylation is 2. The Morgan fingerprint density at radius 1 is 1.44 bits per heavy atom. The van der Waals surface area contributed by atoms with Crippen molar-refractivity contribution in [3.63, 3.8) is 0 Å². The lowest BCUT2D eigenvalue weighted by atomic mass is 9.65. The van der Waals surface area contributed by atoms with Crippen LogP contribution in [0.1, 0.15) is 40.9 Å². The number of hydrogen-bond acceptors (Lipinski definition) is 4. The molecule has 25 heavy (non-hydrogen) atoms. The predicted molar refractivity (Wildman–Crippen MR) is 95.0 cm³/mol. The SMILES string of the molecule is Cc1nn(C)cc1CN1CCC2(CC(NC(=O)c3cccnc3)C2)C1. The van der Waals surface area contributed by atoms with Gasteiger partial charge in [0.05, 0.1) is 11.3 Å². The van der Waals surface area contributed by atoms with Gasteiger partial charge in [0.2, 0.25) is 0 Å². The van der Waals surface area contributed by atoms with Crippen LogP contribution in [0.25, 0.3) is 0 Å². The summed E-state index contributed by atoms with van der Waals surface area (Å²) in [6, 6.07) is 3.91. The molecule has 1 aliphatic heterocycles. The number of aromatic nitrogens is 3. The zero-order valence-corrected chi connectivity index (χ0v) is 14.9. The minimum atomic E-state index is -0.00575. The zero-order valence-electron chi connectivity index (χ0n) is 14.9. The van der Waals surface area contributed by atoms with E-state index in [1.165, 1.54) is 12.0 Å². The van der Waals surface area contributed by atoms with Crippen LogP contribution in [0.15, 0.2) is 30.7 Å². The van der Waals surface area contributed by atoms with E-state index in [-0.39, 0.29) is 5.91 Å². The molecule has 1 saturated heterocycles. The van der Waals surface area contributed by atoms with Gasteiger partial charge in [-0.15, -0.1) is 0 Å². The quantitative estimate of drug-likeness (QED) is 0.924. The van der Waals surface area contributed by atoms with Crippen molar-refractivity contribution >= 4 is 5.91 Å². The van der Waals surface area contributed by atoms with Gasteiger partial charge in [-0.2, -0.15) is 5.10 Å². The monoisotopic (exact) mass is 339 g/mol. The highest BCUT2D eigenvalue weighted by Crippen LogP contribution is 2.48. The fourth-order valence-corrected chi connectivity index (χ4v) is 4.39. The summed E-state index contributed by atoms with van der Waals surface area (Å²) in [5, 5.41) is 7.58. The van der Waals surface area contributed by atoms with Crippen molar-refractivity contribution < 1.29 is 4.79 Å². The second kappa shape index (κ2) is 6.26. The molecule has 2 aromatic heterocycles. The van der Waals surface area contributed by atoms with Gasteiger partial charge >= 0.3 is 0 Å². The topological polar surface area (TPSA) is 63.1 Å². The molecule has 0 bridgehead atoms. The molecule has 2 fully saturated rings. The Labute approximate surface area is 148 Å². The van der Waals surface area contributed by atoms with Crippen LogP contribution in [-0.4, -0.2) is 44.7 Å². The number of nitrogens with zero attached hydrogens (tertiary/aromatic N) is 4. The molecule has 132 valence electrons. The third-order valence-electron chi connectivity index (χ3n) is 5.64. The predicted octanol–water partition coefficient (Wildman–Crippen LogP) is 1.91. The molecule has 6 heteroatoms. The lowest BCUT2D eigenvalue weighted by Crippen LogP contribution is -2.51. The minimum absolute atomic E-state index is 0.00575. The largest absolute Gasteiger partial charge is 0.349 e. The van der Waals surface area contributed by atoms with Crippen LogP contribution >= 0.6 is 0 Å². The van der Waals surface area contributed by atoms with E-state index in [0.717, 1.165) is 38.2 Å². The molecular weight excluding hydrogens is 314 g/mol. The van der Waals surface area contributed by atoms with Gasteiger partial charge in [-0.25, -0.2) is 0 Å². The standard InChI is InChI=1S/C19H25N5O/c1-14-16(11-23(2)22-14)12-24-7-5-19(13-24)8-17(9-19)21-18(25)15-4-3-6-20-10-15/h3-4,6,10-11,17H,5,7-9,12-13H2,1-2H3,(H,21,25). The first-order valence-electron chi connectivity index (χ1n) is 8.95. The van der Waals surface area contributed by atoms with Gasteiger partial charge in [0.1, 0.15) is 0 Å². The van der Waals surface area contributed by atoms with Crippen LogP contribution in [0.3, 0.4) is 0 Å². The van der Waals surface area contributed by atoms with Crippen LogP contribution in [-0.2, 0) is 13.6 Å². The lowest BCUT2D eigenvalue weighted by molar-refractivity contribution is 0.0694. The molecule has 1 N–H and O–H groups in total. The van der Waals surface area contributed by atoms with E-state index in [1.54, 1.807) is 18.5 Å². The van der Waals surface area contributed by atoms with E-state index in [0.29, 0.717) is 17.0 Å². The number of amides is 1. The van der Waals surface area contributed by atoms with E-state index < -0.39 is 0 Å². The molecule has 1 amide bonds. The van der Waals surface area contributed by atoms with Crippen LogP contribution in [0.5, 0.6) is 0 Å². The molecule has 1 saturated carbocycles. The minimum Gasteiger partial charge on any atom is -0.349 e. The maximum absolute atomic E-state index is 12.2. The third-order valence-corrected chi connectivity index (χ3v) is 5.64. The molecule has 2 aliphatic rings. The van der Waals surface area contributed by atoms with Crippen LogP contribution < -0.4 is 5.32 Å². The molecule has 1 aliphatic carbocycles. The summed E-state index contributed by atoms with van der Waals surface area (Å²) in [5.74, 6) is -0.00575. The smallest absolute Gasteiger partial charge is 0.253 e. The molecule has 0 radical (unpaired) electrons. The summed E-state index contributed by atoms with van der Waals surface area (Å²) in [6.07, 6.45) is 8.83. The first-order valence-corrected chi connectivity index (χ1v) is 8.95. The summed E-state index contributed by atoms with van der Waals surface area (Å²) in [5.41, 5.74) is 3.48. The van der Waals surface area contributed by atoms with Crippen LogP contribution in [0.2, 0.25) is 0 Å². The number of carbonyl (C=O) groups excluding carboxylic acids is 1. The fraction of sp³-hybridized carbons (Fsp3) is 0.526. The molecule has 2 aromatic rings. The number of nitrogens with one attached hydrogen (secondary N) is 1. The van der Waals surface area contributed by atoms with Gasteiger partial charge in [0.25, 0.3) is 5.91 Å². The van der Waals surface area contributed by atoms with Crippen molar-refractivity contribution in [1.82, 2.24) is 25.0 Å². The Hall–Kier alpha value is -2.21. The van der Waals surface area contributed by atoms with Gasteiger partial charge in [0.15, 0.2) is 0 Å². The van der Waals surface area contributed by atoms with Crippen molar-refractivity contribution in [2.24, 2.45) is 12.5 Å². The highest BCUT2D eigenvalue weighted by Gasteiger charge is 2.48. The van der Waals surface area contributed by atoms with Gasteiger partial charge < -0.3 is 5.32 Å². The first kappa shape index (κ1) is 16.3. The number of pyridine rings is 1. The summed E-state index contributed by atoms with van der Waals surface area (Å²) in [4.78, 5) is 18.8. The summed E-state index contributed by atoms with van der Waals surface area (Å²) < 4.78 is 1.89. The Morgan fingerprint density at radius 3 is 2.96 bits per heavy atom. The summed E-state index contributed by atoms with van der Waals surface area (Å²) in [6.45, 7) is 5.32. The van der Waals surface area contributed by atoms with Crippen molar-refractivity contribution in [2.75, 3.05) is 13.1 Å². The second-order valence-electron chi connectivity index (χ2n) is 7.69. The van der Waals surface area contributed by atoms with Crippen molar-refractivity contribution in [3.8, 4) is 0 Å². The van der Waals surface area contributed by atoms with Gasteiger partial charge in [0, 0.05) is 50.3 Å². The van der Waals surface area contributed by atoms with Crippen LogP contribution in [0, 0.1) is 12.3 Å². The third kappa shape index (κ3) is 3.31. The number of likely N-dealkylation sites (tertiary alicyclic amines) is 1. The Kier molecular flexibility index (Phi) is 4.07. The average molecular weight is 339 g/mol. The Balaban J connectivity index is 1.29. The molecule has 0 unspecified atom stereocenters. The number of hydrogen-bond donors (Lipinski definition) is 1. The van der Waals surface area contributed by atoms with Crippen molar-refractivity contribution in [1.29, 1.82) is 0 Å². The van der Waals surface area contributed by atoms with Crippen molar-refractivity contribution in [2.45, 2.75) is 38.8 Å². The Bertz CT molecular complexity index is 763. The molecule has 4 rings (SSSR count). The van der Waals surface area contributed by atoms with Crippen molar-refractivity contribution in [3.05, 3.63) is 47.5 Å². The van der Waals surface area contributed by atoms with Gasteiger partial charge in [-0.3, -0.25) is 19.4 Å². The first-order chi connectivity index (χ1) is 12.0. The van der Waals surface area contributed by atoms with E-state index in [4.69, 9.17) is 0 Å². The number of carbonyl (C=O) groups is 1. The molecular formula is C19H25N5O. The summed E-state index contributed by atoms with van der Waals surface area (Å²) in [7, 11) is 1.98. The molecule has 0 aromatic carbocycles. The normalized spacial score (nSPS) is 25.9. The van der Waals surface area contributed by atoms with E-state index in [2.05, 4.69) is 33.4 Å². The van der Waals surface area contributed by atoms with Gasteiger partial charge in [-0.05, 0) is 50.3 Å².